The van der Waals surface area contributed by atoms with E-state index in [0.29, 0.717) is 0 Å². The molecule has 0 aliphatic carbocycles. The number of hydrogen-bond donors (Lipinski definition) is 1. The van der Waals surface area contributed by atoms with Gasteiger partial charge in [-0.2, -0.15) is 5.10 Å². The summed E-state index contributed by atoms with van der Waals surface area (Å²) in [5.41, 5.74) is 7.06. The van der Waals surface area contributed by atoms with Crippen molar-refractivity contribution < 1.29 is 0 Å². The van der Waals surface area contributed by atoms with Crippen LogP contribution in [0.15, 0.2) is 68.0 Å². The Morgan fingerprint density at radius 2 is 1.61 bits per heavy atom. The van der Waals surface area contributed by atoms with Gasteiger partial charge in [0.05, 0.1) is 11.4 Å². The number of nitrogens with zero attached hydrogens (tertiary/aromatic N) is 2. The third-order valence-corrected chi connectivity index (χ3v) is 5.03. The van der Waals surface area contributed by atoms with Gasteiger partial charge in [-0.05, 0) is 36.8 Å². The summed E-state index contributed by atoms with van der Waals surface area (Å²) >= 11 is 8.41. The van der Waals surface area contributed by atoms with E-state index in [2.05, 4.69) is 47.4 Å². The SMILES string of the molecule is C/C(=N\Nc1nc(-c2ccc(Br)cc2)cs1)c1ccc(Br)cc1. The molecule has 2 aromatic carbocycles. The first-order valence-electron chi connectivity index (χ1n) is 6.89. The maximum Gasteiger partial charge on any atom is 0.203 e. The Bertz CT molecular complexity index is 824. The first kappa shape index (κ1) is 16.4. The lowest BCUT2D eigenvalue weighted by molar-refractivity contribution is 1.27. The summed E-state index contributed by atoms with van der Waals surface area (Å²) in [7, 11) is 0. The molecule has 0 bridgehead atoms. The molecule has 0 saturated heterocycles. The van der Waals surface area contributed by atoms with E-state index in [9.17, 15) is 0 Å². The van der Waals surface area contributed by atoms with Crippen LogP contribution in [0.2, 0.25) is 0 Å². The first-order valence-corrected chi connectivity index (χ1v) is 9.36. The number of hydrogen-bond acceptors (Lipinski definition) is 4. The van der Waals surface area contributed by atoms with Crippen molar-refractivity contribution in [3.63, 3.8) is 0 Å². The zero-order chi connectivity index (χ0) is 16.2. The third kappa shape index (κ3) is 4.28. The van der Waals surface area contributed by atoms with Crippen LogP contribution in [-0.2, 0) is 0 Å². The standard InChI is InChI=1S/C17H13Br2N3S/c1-11(12-2-6-14(18)7-3-12)21-22-17-20-16(10-23-17)13-4-8-15(19)9-5-13/h2-10H,1H3,(H,20,22)/b21-11+. The fourth-order valence-electron chi connectivity index (χ4n) is 1.97. The molecule has 0 aliphatic rings. The van der Waals surface area contributed by atoms with Gasteiger partial charge in [0.2, 0.25) is 5.13 Å². The summed E-state index contributed by atoms with van der Waals surface area (Å²) < 4.78 is 2.12. The molecule has 23 heavy (non-hydrogen) atoms. The van der Waals surface area contributed by atoms with Gasteiger partial charge in [0.25, 0.3) is 0 Å². The average molecular weight is 451 g/mol. The average Bonchev–Trinajstić information content (AvgIpc) is 3.03. The molecule has 1 aromatic heterocycles. The maximum atomic E-state index is 4.57. The predicted octanol–water partition coefficient (Wildman–Crippen LogP) is 6.17. The minimum absolute atomic E-state index is 0.777. The van der Waals surface area contributed by atoms with Crippen molar-refractivity contribution >= 4 is 54.0 Å². The summed E-state index contributed by atoms with van der Waals surface area (Å²) in [6, 6.07) is 16.2. The van der Waals surface area contributed by atoms with E-state index in [1.54, 1.807) is 0 Å². The molecule has 0 atom stereocenters. The van der Waals surface area contributed by atoms with Gasteiger partial charge in [0, 0.05) is 19.9 Å². The molecule has 3 rings (SSSR count). The van der Waals surface area contributed by atoms with Crippen LogP contribution in [0.3, 0.4) is 0 Å². The highest BCUT2D eigenvalue weighted by atomic mass is 79.9. The van der Waals surface area contributed by atoms with E-state index in [0.717, 1.165) is 36.6 Å². The van der Waals surface area contributed by atoms with Crippen molar-refractivity contribution in [2.75, 3.05) is 5.43 Å². The monoisotopic (exact) mass is 449 g/mol. The van der Waals surface area contributed by atoms with Crippen LogP contribution < -0.4 is 5.43 Å². The van der Waals surface area contributed by atoms with Crippen LogP contribution in [-0.4, -0.2) is 10.7 Å². The Hall–Kier alpha value is -1.50. The minimum atomic E-state index is 0.777. The van der Waals surface area contributed by atoms with Gasteiger partial charge >= 0.3 is 0 Å². The Labute approximate surface area is 155 Å². The third-order valence-electron chi connectivity index (χ3n) is 3.23. The number of hydrazone groups is 1. The van der Waals surface area contributed by atoms with Crippen LogP contribution >= 0.6 is 43.2 Å². The Balaban J connectivity index is 1.72. The highest BCUT2D eigenvalue weighted by Gasteiger charge is 2.04. The largest absolute Gasteiger partial charge is 0.252 e. The number of benzene rings is 2. The molecule has 0 amide bonds. The molecule has 3 aromatic rings. The highest BCUT2D eigenvalue weighted by molar-refractivity contribution is 9.10. The lowest BCUT2D eigenvalue weighted by Crippen LogP contribution is -1.99. The first-order chi connectivity index (χ1) is 11.1. The molecule has 6 heteroatoms. The van der Waals surface area contributed by atoms with E-state index >= 15 is 0 Å². The Kier molecular flexibility index (Phi) is 5.25. The molecule has 0 unspecified atom stereocenters. The van der Waals surface area contributed by atoms with Gasteiger partial charge in [-0.25, -0.2) is 4.98 Å². The molecule has 1 heterocycles. The number of anilines is 1. The lowest BCUT2D eigenvalue weighted by Gasteiger charge is -2.01. The number of aromatic nitrogens is 1. The zero-order valence-electron chi connectivity index (χ0n) is 12.3. The summed E-state index contributed by atoms with van der Waals surface area (Å²) in [6.07, 6.45) is 0. The van der Waals surface area contributed by atoms with E-state index in [1.807, 2.05) is 60.8 Å². The van der Waals surface area contributed by atoms with Gasteiger partial charge in [-0.3, -0.25) is 5.43 Å². The van der Waals surface area contributed by atoms with E-state index in [4.69, 9.17) is 0 Å². The van der Waals surface area contributed by atoms with Crippen molar-refractivity contribution in [1.82, 2.24) is 4.98 Å². The second-order valence-corrected chi connectivity index (χ2v) is 7.55. The number of halogens is 2. The van der Waals surface area contributed by atoms with Crippen molar-refractivity contribution in [2.24, 2.45) is 5.10 Å². The molecular formula is C17H13Br2N3S. The quantitative estimate of drug-likeness (QED) is 0.381. The van der Waals surface area contributed by atoms with Gasteiger partial charge in [0.15, 0.2) is 0 Å². The molecule has 3 nitrogen and oxygen atoms in total. The van der Waals surface area contributed by atoms with E-state index < -0.39 is 0 Å². The normalized spacial score (nSPS) is 11.5. The molecule has 116 valence electrons. The Morgan fingerprint density at radius 3 is 2.26 bits per heavy atom. The highest BCUT2D eigenvalue weighted by Crippen LogP contribution is 2.26. The van der Waals surface area contributed by atoms with Gasteiger partial charge < -0.3 is 0 Å². The molecule has 0 aliphatic heterocycles. The van der Waals surface area contributed by atoms with Gasteiger partial charge in [-0.1, -0.05) is 56.1 Å². The van der Waals surface area contributed by atoms with Crippen LogP contribution in [0.5, 0.6) is 0 Å². The minimum Gasteiger partial charge on any atom is -0.252 e. The fourth-order valence-corrected chi connectivity index (χ4v) is 3.16. The summed E-state index contributed by atoms with van der Waals surface area (Å²) in [6.45, 7) is 1.97. The van der Waals surface area contributed by atoms with Crippen molar-refractivity contribution in [3.05, 3.63) is 68.4 Å². The van der Waals surface area contributed by atoms with Gasteiger partial charge in [0.1, 0.15) is 0 Å². The lowest BCUT2D eigenvalue weighted by atomic mass is 10.1. The second-order valence-electron chi connectivity index (χ2n) is 4.86. The molecule has 0 fully saturated rings. The van der Waals surface area contributed by atoms with Crippen molar-refractivity contribution in [3.8, 4) is 11.3 Å². The topological polar surface area (TPSA) is 37.3 Å². The molecule has 0 radical (unpaired) electrons. The molecule has 0 saturated carbocycles. The predicted molar refractivity (Wildman–Crippen MR) is 105 cm³/mol. The zero-order valence-corrected chi connectivity index (χ0v) is 16.2. The van der Waals surface area contributed by atoms with Crippen LogP contribution in [0.1, 0.15) is 12.5 Å². The molecular weight excluding hydrogens is 438 g/mol. The van der Waals surface area contributed by atoms with Crippen molar-refractivity contribution in [1.29, 1.82) is 0 Å². The molecule has 1 N–H and O–H groups in total. The number of thiazole rings is 1. The van der Waals surface area contributed by atoms with Crippen molar-refractivity contribution in [2.45, 2.75) is 6.92 Å². The van der Waals surface area contributed by atoms with E-state index in [1.165, 1.54) is 11.3 Å². The number of rotatable bonds is 4. The Morgan fingerprint density at radius 1 is 1.00 bits per heavy atom. The fraction of sp³-hybridized carbons (Fsp3) is 0.0588. The number of nitrogens with one attached hydrogen (secondary N) is 1. The maximum absolute atomic E-state index is 4.57. The second kappa shape index (κ2) is 7.38. The van der Waals surface area contributed by atoms with Gasteiger partial charge in [-0.15, -0.1) is 11.3 Å². The molecule has 0 spiro atoms. The smallest absolute Gasteiger partial charge is 0.203 e. The van der Waals surface area contributed by atoms with E-state index in [-0.39, 0.29) is 0 Å². The summed E-state index contributed by atoms with van der Waals surface area (Å²) in [5, 5.41) is 7.21. The van der Waals surface area contributed by atoms with Crippen LogP contribution in [0.25, 0.3) is 11.3 Å². The summed E-state index contributed by atoms with van der Waals surface area (Å²) in [5.74, 6) is 0. The van der Waals surface area contributed by atoms with Crippen LogP contribution in [0, 0.1) is 0 Å². The van der Waals surface area contributed by atoms with Crippen LogP contribution in [0.4, 0.5) is 5.13 Å². The summed E-state index contributed by atoms with van der Waals surface area (Å²) in [4.78, 5) is 4.57.